The smallest absolute Gasteiger partial charge is 0.161 e. The lowest BCUT2D eigenvalue weighted by molar-refractivity contribution is -0.166. The Kier molecular flexibility index (Phi) is 7.35. The number of hydrogen-bond donors (Lipinski definition) is 0. The van der Waals surface area contributed by atoms with E-state index in [2.05, 4.69) is 6.58 Å². The van der Waals surface area contributed by atoms with Gasteiger partial charge in [0.05, 0.1) is 13.2 Å². The Labute approximate surface area is 192 Å². The van der Waals surface area contributed by atoms with Crippen molar-refractivity contribution in [2.45, 2.75) is 50.7 Å². The van der Waals surface area contributed by atoms with Crippen molar-refractivity contribution in [2.75, 3.05) is 13.2 Å². The molecule has 3 aliphatic rings. The third-order valence-electron chi connectivity index (χ3n) is 6.50. The molecule has 0 spiro atoms. The molecule has 0 bridgehead atoms. The van der Waals surface area contributed by atoms with E-state index in [1.807, 2.05) is 0 Å². The average molecular weight is 461 g/mol. The largest absolute Gasteiger partial charge is 0.352 e. The molecule has 2 nitrogen and oxygen atoms in total. The van der Waals surface area contributed by atoms with Crippen LogP contribution in [0, 0.1) is 5.92 Å². The van der Waals surface area contributed by atoms with E-state index in [9.17, 15) is 8.78 Å². The highest BCUT2D eigenvalue weighted by Gasteiger charge is 2.37. The fraction of sp³-hybridized carbons (Fsp3) is 0.407. The van der Waals surface area contributed by atoms with Crippen LogP contribution >= 0.6 is 0 Å². The molecule has 1 aliphatic heterocycles. The van der Waals surface area contributed by atoms with Gasteiger partial charge in [-0.25, -0.2) is 17.6 Å². The van der Waals surface area contributed by atoms with Crippen molar-refractivity contribution in [2.24, 2.45) is 5.92 Å². The number of ether oxygens (including phenoxy) is 2. The molecule has 176 valence electrons. The Morgan fingerprint density at radius 2 is 1.48 bits per heavy atom. The van der Waals surface area contributed by atoms with Gasteiger partial charge < -0.3 is 9.47 Å². The first-order valence-corrected chi connectivity index (χ1v) is 11.2. The number of alkyl halides is 4. The predicted octanol–water partition coefficient (Wildman–Crippen LogP) is 6.66. The second-order valence-electron chi connectivity index (χ2n) is 8.66. The molecule has 0 amide bonds. The van der Waals surface area contributed by atoms with Gasteiger partial charge in [0.1, 0.15) is 0 Å². The summed E-state index contributed by atoms with van der Waals surface area (Å²) in [6, 6.07) is 6.48. The van der Waals surface area contributed by atoms with E-state index in [1.54, 1.807) is 61.6 Å². The third-order valence-corrected chi connectivity index (χ3v) is 6.50. The van der Waals surface area contributed by atoms with Gasteiger partial charge in [0, 0.05) is 5.92 Å². The van der Waals surface area contributed by atoms with Gasteiger partial charge >= 0.3 is 0 Å². The summed E-state index contributed by atoms with van der Waals surface area (Å²) in [4.78, 5) is 0. The molecule has 0 saturated carbocycles. The molecule has 1 heterocycles. The second-order valence-corrected chi connectivity index (χ2v) is 8.66. The summed E-state index contributed by atoms with van der Waals surface area (Å²) in [5.41, 5.74) is 2.24. The van der Waals surface area contributed by atoms with Crippen LogP contribution in [0.3, 0.4) is 0 Å². The Bertz CT molecular complexity index is 984. The lowest BCUT2D eigenvalue weighted by atomic mass is 9.82. The quantitative estimate of drug-likeness (QED) is 0.349. The molecular weight excluding hydrogens is 432 g/mol. The highest BCUT2D eigenvalue weighted by molar-refractivity contribution is 5.77. The zero-order valence-electron chi connectivity index (χ0n) is 18.5. The van der Waals surface area contributed by atoms with Gasteiger partial charge in [-0.2, -0.15) is 0 Å². The van der Waals surface area contributed by atoms with E-state index in [1.165, 1.54) is 0 Å². The highest BCUT2D eigenvalue weighted by atomic mass is 19.2. The fourth-order valence-corrected chi connectivity index (χ4v) is 4.51. The van der Waals surface area contributed by atoms with Crippen molar-refractivity contribution in [3.8, 4) is 0 Å². The van der Waals surface area contributed by atoms with Gasteiger partial charge in [0.2, 0.25) is 0 Å². The van der Waals surface area contributed by atoms with Gasteiger partial charge in [0.25, 0.3) is 0 Å². The number of halogens is 4. The Morgan fingerprint density at radius 3 is 2.06 bits per heavy atom. The van der Waals surface area contributed by atoms with E-state index in [0.29, 0.717) is 41.7 Å². The van der Waals surface area contributed by atoms with Crippen LogP contribution in [-0.4, -0.2) is 44.2 Å². The fourth-order valence-electron chi connectivity index (χ4n) is 4.51. The van der Waals surface area contributed by atoms with Crippen molar-refractivity contribution < 1.29 is 27.0 Å². The van der Waals surface area contributed by atoms with Crippen molar-refractivity contribution >= 4 is 11.1 Å². The van der Waals surface area contributed by atoms with E-state index in [4.69, 9.17) is 9.47 Å². The van der Waals surface area contributed by atoms with E-state index in [-0.39, 0.29) is 30.0 Å². The minimum absolute atomic E-state index is 0.202. The van der Waals surface area contributed by atoms with Gasteiger partial charge in [0.15, 0.2) is 31.0 Å². The maximum Gasteiger partial charge on any atom is 0.161 e. The first-order chi connectivity index (χ1) is 15.9. The SMILES string of the molecule is C=CCOC1CCC(C2=CC=C(c3ccc(C4=CC=C(C)C(F)C4F)cc3)C(F)C2F)CO1. The summed E-state index contributed by atoms with van der Waals surface area (Å²) in [6.45, 7) is 5.81. The molecule has 0 aromatic heterocycles. The molecule has 33 heavy (non-hydrogen) atoms. The standard InChI is InChI=1S/C27H28F4O2/c1-3-14-32-23-13-9-19(15-33-23)22-12-11-21(26(30)27(22)31)18-7-5-17(6-8-18)20-10-4-16(2)24(28)25(20)29/h3-8,10-12,19,23-27H,1,9,13-15H2,2H3. The lowest BCUT2D eigenvalue weighted by Crippen LogP contribution is -2.34. The van der Waals surface area contributed by atoms with Crippen LogP contribution in [0.2, 0.25) is 0 Å². The Hall–Kier alpha value is -2.44. The number of rotatable bonds is 6. The molecule has 1 fully saturated rings. The van der Waals surface area contributed by atoms with Crippen LogP contribution < -0.4 is 0 Å². The summed E-state index contributed by atoms with van der Waals surface area (Å²) in [7, 11) is 0. The topological polar surface area (TPSA) is 18.5 Å². The van der Waals surface area contributed by atoms with Gasteiger partial charge in [-0.1, -0.05) is 54.6 Å². The Balaban J connectivity index is 1.48. The van der Waals surface area contributed by atoms with Gasteiger partial charge in [-0.05, 0) is 53.2 Å². The minimum Gasteiger partial charge on any atom is -0.352 e. The molecule has 6 heteroatoms. The molecular formula is C27H28F4O2. The highest BCUT2D eigenvalue weighted by Crippen LogP contribution is 2.39. The number of hydrogen-bond acceptors (Lipinski definition) is 2. The van der Waals surface area contributed by atoms with Crippen LogP contribution in [0.5, 0.6) is 0 Å². The molecule has 0 N–H and O–H groups in total. The average Bonchev–Trinajstić information content (AvgIpc) is 2.84. The normalized spacial score (nSPS) is 32.4. The summed E-state index contributed by atoms with van der Waals surface area (Å²) < 4.78 is 69.7. The monoisotopic (exact) mass is 460 g/mol. The summed E-state index contributed by atoms with van der Waals surface area (Å²) >= 11 is 0. The number of allylic oxidation sites excluding steroid dienone is 7. The molecule has 1 saturated heterocycles. The second kappa shape index (κ2) is 10.2. The molecule has 6 unspecified atom stereocenters. The van der Waals surface area contributed by atoms with Gasteiger partial charge in [-0.15, -0.1) is 6.58 Å². The molecule has 0 radical (unpaired) electrons. The molecule has 4 rings (SSSR count). The van der Waals surface area contributed by atoms with Crippen LogP contribution in [0.25, 0.3) is 11.1 Å². The maximum absolute atomic E-state index is 15.1. The maximum atomic E-state index is 15.1. The predicted molar refractivity (Wildman–Crippen MR) is 122 cm³/mol. The van der Waals surface area contributed by atoms with Crippen LogP contribution in [0.15, 0.2) is 72.4 Å². The molecule has 1 aromatic carbocycles. The Morgan fingerprint density at radius 1 is 0.879 bits per heavy atom. The zero-order chi connectivity index (χ0) is 23.5. The van der Waals surface area contributed by atoms with Crippen LogP contribution in [-0.2, 0) is 9.47 Å². The first kappa shape index (κ1) is 23.7. The van der Waals surface area contributed by atoms with Crippen LogP contribution in [0.1, 0.15) is 30.9 Å². The summed E-state index contributed by atoms with van der Waals surface area (Å²) in [5.74, 6) is -0.202. The zero-order valence-corrected chi connectivity index (χ0v) is 18.5. The van der Waals surface area contributed by atoms with E-state index >= 15 is 8.78 Å². The first-order valence-electron chi connectivity index (χ1n) is 11.2. The number of benzene rings is 1. The van der Waals surface area contributed by atoms with E-state index < -0.39 is 24.7 Å². The minimum atomic E-state index is -1.81. The van der Waals surface area contributed by atoms with Crippen molar-refractivity contribution in [1.29, 1.82) is 0 Å². The molecule has 2 aliphatic carbocycles. The van der Waals surface area contributed by atoms with Gasteiger partial charge in [-0.3, -0.25) is 0 Å². The van der Waals surface area contributed by atoms with Crippen LogP contribution in [0.4, 0.5) is 17.6 Å². The van der Waals surface area contributed by atoms with E-state index in [0.717, 1.165) is 0 Å². The van der Waals surface area contributed by atoms with Crippen molar-refractivity contribution in [3.63, 3.8) is 0 Å². The molecule has 1 aromatic rings. The summed E-state index contributed by atoms with van der Waals surface area (Å²) in [6.07, 6.45) is 1.94. The third kappa shape index (κ3) is 4.92. The van der Waals surface area contributed by atoms with Crippen molar-refractivity contribution in [1.82, 2.24) is 0 Å². The lowest BCUT2D eigenvalue weighted by Gasteiger charge is -2.33. The summed E-state index contributed by atoms with van der Waals surface area (Å²) in [5, 5.41) is 0. The van der Waals surface area contributed by atoms with Crippen molar-refractivity contribution in [3.05, 3.63) is 83.5 Å². The molecule has 6 atom stereocenters.